The maximum absolute atomic E-state index is 11.0. The molecule has 0 saturated carbocycles. The van der Waals surface area contributed by atoms with Crippen molar-refractivity contribution in [3.05, 3.63) is 0 Å². The fourth-order valence-electron chi connectivity index (χ4n) is 2.12. The van der Waals surface area contributed by atoms with Gasteiger partial charge in [0.1, 0.15) is 6.10 Å². The van der Waals surface area contributed by atoms with E-state index in [1.54, 1.807) is 0 Å². The number of morpholine rings is 1. The van der Waals surface area contributed by atoms with Crippen LogP contribution >= 0.6 is 0 Å². The van der Waals surface area contributed by atoms with E-state index in [1.807, 2.05) is 0 Å². The van der Waals surface area contributed by atoms with Crippen LogP contribution in [0.15, 0.2) is 0 Å². The van der Waals surface area contributed by atoms with Crippen molar-refractivity contribution >= 4 is 5.91 Å². The van der Waals surface area contributed by atoms with Crippen LogP contribution in [0.3, 0.4) is 0 Å². The van der Waals surface area contributed by atoms with Crippen molar-refractivity contribution in [1.82, 2.24) is 4.90 Å². The van der Waals surface area contributed by atoms with Gasteiger partial charge in [-0.25, -0.2) is 0 Å². The minimum Gasteiger partial charge on any atom is -0.377 e. The van der Waals surface area contributed by atoms with Crippen LogP contribution in [0.25, 0.3) is 0 Å². The van der Waals surface area contributed by atoms with Gasteiger partial charge in [-0.1, -0.05) is 0 Å². The first-order chi connectivity index (χ1) is 7.25. The van der Waals surface area contributed by atoms with Gasteiger partial charge in [0, 0.05) is 26.2 Å². The lowest BCUT2D eigenvalue weighted by Crippen LogP contribution is -2.50. The Kier molecular flexibility index (Phi) is 3.56. The van der Waals surface area contributed by atoms with Crippen molar-refractivity contribution < 1.29 is 14.3 Å². The molecule has 2 N–H and O–H groups in total. The van der Waals surface area contributed by atoms with Gasteiger partial charge < -0.3 is 15.2 Å². The number of rotatable bonds is 3. The van der Waals surface area contributed by atoms with E-state index in [1.165, 1.54) is 0 Å². The predicted molar refractivity (Wildman–Crippen MR) is 54.3 cm³/mol. The van der Waals surface area contributed by atoms with E-state index in [2.05, 4.69) is 4.90 Å². The lowest BCUT2D eigenvalue weighted by Gasteiger charge is -2.32. The molecular formula is C10H18N2O3. The molecule has 2 atom stereocenters. The molecule has 2 fully saturated rings. The molecule has 2 rings (SSSR count). The molecule has 0 aromatic heterocycles. The Morgan fingerprint density at radius 3 is 2.93 bits per heavy atom. The van der Waals surface area contributed by atoms with Crippen molar-refractivity contribution in [3.8, 4) is 0 Å². The van der Waals surface area contributed by atoms with Gasteiger partial charge in [0.05, 0.1) is 12.7 Å². The van der Waals surface area contributed by atoms with Gasteiger partial charge in [-0.05, 0) is 12.8 Å². The molecule has 0 aliphatic carbocycles. The highest BCUT2D eigenvalue weighted by Crippen LogP contribution is 2.15. The second-order valence-corrected chi connectivity index (χ2v) is 4.16. The fraction of sp³-hybridized carbons (Fsp3) is 0.900. The van der Waals surface area contributed by atoms with Crippen LogP contribution in [0.5, 0.6) is 0 Å². The van der Waals surface area contributed by atoms with Gasteiger partial charge in [-0.3, -0.25) is 9.69 Å². The number of amides is 1. The molecule has 0 bridgehead atoms. The molecule has 86 valence electrons. The highest BCUT2D eigenvalue weighted by atomic mass is 16.5. The summed E-state index contributed by atoms with van der Waals surface area (Å²) in [7, 11) is 0. The number of nitrogens with zero attached hydrogens (tertiary/aromatic N) is 1. The van der Waals surface area contributed by atoms with Crippen LogP contribution in [0.1, 0.15) is 12.8 Å². The molecule has 2 heterocycles. The van der Waals surface area contributed by atoms with Crippen LogP contribution in [0.2, 0.25) is 0 Å². The summed E-state index contributed by atoms with van der Waals surface area (Å²) in [5.74, 6) is -0.368. The molecule has 0 aromatic rings. The lowest BCUT2D eigenvalue weighted by atomic mass is 10.2. The summed E-state index contributed by atoms with van der Waals surface area (Å²) in [6.45, 7) is 3.82. The van der Waals surface area contributed by atoms with E-state index in [9.17, 15) is 4.79 Å². The number of carbonyl (C=O) groups is 1. The topological polar surface area (TPSA) is 64.8 Å². The standard InChI is InChI=1S/C10H18N2O3/c11-10(13)9-7-12(3-5-15-9)6-8-2-1-4-14-8/h8-9H,1-7H2,(H2,11,13)/t8-,9?/m1/s1. The van der Waals surface area contributed by atoms with Gasteiger partial charge in [0.25, 0.3) is 0 Å². The summed E-state index contributed by atoms with van der Waals surface area (Å²) in [5, 5.41) is 0. The first-order valence-electron chi connectivity index (χ1n) is 5.50. The number of nitrogens with two attached hydrogens (primary N) is 1. The Morgan fingerprint density at radius 1 is 1.40 bits per heavy atom. The fourth-order valence-corrected chi connectivity index (χ4v) is 2.12. The van der Waals surface area contributed by atoms with Crippen LogP contribution in [0.4, 0.5) is 0 Å². The van der Waals surface area contributed by atoms with Crippen LogP contribution < -0.4 is 5.73 Å². The third kappa shape index (κ3) is 2.90. The molecule has 5 heteroatoms. The molecule has 2 aliphatic rings. The SMILES string of the molecule is NC(=O)C1CN(C[C@H]2CCCO2)CCO1. The minimum atomic E-state index is -0.444. The Balaban J connectivity index is 1.79. The molecule has 0 aromatic carbocycles. The predicted octanol–water partition coefficient (Wildman–Crippen LogP) is -0.648. The van der Waals surface area contributed by atoms with Crippen molar-refractivity contribution in [3.63, 3.8) is 0 Å². The van der Waals surface area contributed by atoms with Crippen molar-refractivity contribution in [2.24, 2.45) is 5.73 Å². The maximum atomic E-state index is 11.0. The number of hydrogen-bond donors (Lipinski definition) is 1. The Hall–Kier alpha value is -0.650. The highest BCUT2D eigenvalue weighted by Gasteiger charge is 2.27. The number of carbonyl (C=O) groups excluding carboxylic acids is 1. The van der Waals surface area contributed by atoms with E-state index in [-0.39, 0.29) is 5.91 Å². The molecule has 0 radical (unpaired) electrons. The number of ether oxygens (including phenoxy) is 2. The van der Waals surface area contributed by atoms with Gasteiger partial charge >= 0.3 is 0 Å². The quantitative estimate of drug-likeness (QED) is 0.678. The smallest absolute Gasteiger partial charge is 0.247 e. The summed E-state index contributed by atoms with van der Waals surface area (Å²) in [6.07, 6.45) is 2.16. The first-order valence-corrected chi connectivity index (χ1v) is 5.50. The molecule has 15 heavy (non-hydrogen) atoms. The van der Waals surface area contributed by atoms with E-state index in [0.717, 1.165) is 32.5 Å². The van der Waals surface area contributed by atoms with Gasteiger partial charge in [0.15, 0.2) is 0 Å². The third-order valence-electron chi connectivity index (χ3n) is 2.95. The molecule has 2 saturated heterocycles. The zero-order chi connectivity index (χ0) is 10.7. The van der Waals surface area contributed by atoms with Crippen LogP contribution in [-0.2, 0) is 14.3 Å². The van der Waals surface area contributed by atoms with Crippen molar-refractivity contribution in [2.75, 3.05) is 32.8 Å². The van der Waals surface area contributed by atoms with E-state index in [0.29, 0.717) is 19.3 Å². The highest BCUT2D eigenvalue weighted by molar-refractivity contribution is 5.79. The number of hydrogen-bond acceptors (Lipinski definition) is 4. The van der Waals surface area contributed by atoms with Crippen LogP contribution in [0, 0.1) is 0 Å². The third-order valence-corrected chi connectivity index (χ3v) is 2.95. The zero-order valence-electron chi connectivity index (χ0n) is 8.85. The summed E-state index contributed by atoms with van der Waals surface area (Å²) in [4.78, 5) is 13.2. The molecule has 1 amide bonds. The molecule has 0 spiro atoms. The largest absolute Gasteiger partial charge is 0.377 e. The van der Waals surface area contributed by atoms with Gasteiger partial charge in [-0.2, -0.15) is 0 Å². The van der Waals surface area contributed by atoms with Crippen LogP contribution in [-0.4, -0.2) is 55.9 Å². The van der Waals surface area contributed by atoms with Gasteiger partial charge in [0.2, 0.25) is 5.91 Å². The molecule has 5 nitrogen and oxygen atoms in total. The molecule has 1 unspecified atom stereocenters. The van der Waals surface area contributed by atoms with Crippen molar-refractivity contribution in [2.45, 2.75) is 25.0 Å². The molecule has 2 aliphatic heterocycles. The van der Waals surface area contributed by atoms with E-state index in [4.69, 9.17) is 15.2 Å². The first kappa shape index (κ1) is 10.9. The Labute approximate surface area is 89.5 Å². The normalized spacial score (nSPS) is 33.1. The maximum Gasteiger partial charge on any atom is 0.247 e. The average Bonchev–Trinajstić information content (AvgIpc) is 2.71. The second kappa shape index (κ2) is 4.92. The summed E-state index contributed by atoms with van der Waals surface area (Å²) >= 11 is 0. The monoisotopic (exact) mass is 214 g/mol. The summed E-state index contributed by atoms with van der Waals surface area (Å²) in [5.41, 5.74) is 5.22. The van der Waals surface area contributed by atoms with Crippen molar-refractivity contribution in [1.29, 1.82) is 0 Å². The summed E-state index contributed by atoms with van der Waals surface area (Å²) in [6, 6.07) is 0. The average molecular weight is 214 g/mol. The Bertz CT molecular complexity index is 229. The summed E-state index contributed by atoms with van der Waals surface area (Å²) < 4.78 is 10.8. The second-order valence-electron chi connectivity index (χ2n) is 4.16. The van der Waals surface area contributed by atoms with E-state index >= 15 is 0 Å². The van der Waals surface area contributed by atoms with E-state index < -0.39 is 6.10 Å². The minimum absolute atomic E-state index is 0.330. The zero-order valence-corrected chi connectivity index (χ0v) is 8.85. The number of primary amides is 1. The lowest BCUT2D eigenvalue weighted by molar-refractivity contribution is -0.135. The Morgan fingerprint density at radius 2 is 2.27 bits per heavy atom. The van der Waals surface area contributed by atoms with Gasteiger partial charge in [-0.15, -0.1) is 0 Å². The molecular weight excluding hydrogens is 196 g/mol.